The zero-order valence-electron chi connectivity index (χ0n) is 8.07. The monoisotopic (exact) mass is 191 g/mol. The second-order valence-corrected chi connectivity index (χ2v) is 3.11. The van der Waals surface area contributed by atoms with Crippen LogP contribution in [-0.2, 0) is 13.5 Å². The van der Waals surface area contributed by atoms with Crippen LogP contribution in [0, 0.1) is 0 Å². The van der Waals surface area contributed by atoms with Crippen LogP contribution in [0.4, 0.5) is 0 Å². The summed E-state index contributed by atoms with van der Waals surface area (Å²) in [4.78, 5) is 7.38. The highest BCUT2D eigenvalue weighted by Gasteiger charge is 2.08. The Labute approximate surface area is 82.0 Å². The van der Waals surface area contributed by atoms with Gasteiger partial charge in [0.2, 0.25) is 0 Å². The molecule has 0 atom stereocenters. The minimum absolute atomic E-state index is 0.580. The van der Waals surface area contributed by atoms with E-state index in [9.17, 15) is 0 Å². The molecule has 0 aliphatic rings. The number of H-pyrrole nitrogens is 1. The first-order valence-corrected chi connectivity index (χ1v) is 4.54. The zero-order chi connectivity index (χ0) is 9.97. The summed E-state index contributed by atoms with van der Waals surface area (Å²) in [5.41, 5.74) is 6.49. The van der Waals surface area contributed by atoms with Gasteiger partial charge in [0.1, 0.15) is 0 Å². The molecule has 0 bridgehead atoms. The molecule has 0 saturated heterocycles. The van der Waals surface area contributed by atoms with Gasteiger partial charge in [-0.1, -0.05) is 0 Å². The van der Waals surface area contributed by atoms with E-state index in [1.165, 1.54) is 0 Å². The number of nitrogens with one attached hydrogen (secondary N) is 1. The van der Waals surface area contributed by atoms with Crippen LogP contribution in [0.5, 0.6) is 0 Å². The minimum Gasteiger partial charge on any atom is -0.367 e. The molecule has 2 aromatic heterocycles. The molecule has 0 radical (unpaired) electrons. The lowest BCUT2D eigenvalue weighted by Gasteiger charge is -1.93. The third-order valence-electron chi connectivity index (χ3n) is 2.03. The maximum atomic E-state index is 5.44. The van der Waals surface area contributed by atoms with Crippen molar-refractivity contribution in [2.75, 3.05) is 6.54 Å². The van der Waals surface area contributed by atoms with Crippen LogP contribution in [0.15, 0.2) is 18.5 Å². The van der Waals surface area contributed by atoms with Crippen LogP contribution in [0.2, 0.25) is 0 Å². The molecule has 2 aromatic rings. The Kier molecular flexibility index (Phi) is 2.32. The summed E-state index contributed by atoms with van der Waals surface area (Å²) in [6.07, 6.45) is 4.49. The van der Waals surface area contributed by atoms with Crippen molar-refractivity contribution in [1.82, 2.24) is 19.7 Å². The minimum atomic E-state index is 0.580. The van der Waals surface area contributed by atoms with Gasteiger partial charge in [0.25, 0.3) is 0 Å². The fraction of sp³-hybridized carbons (Fsp3) is 0.333. The Hall–Kier alpha value is -1.62. The van der Waals surface area contributed by atoms with Crippen molar-refractivity contribution in [3.8, 4) is 11.4 Å². The van der Waals surface area contributed by atoms with Crippen LogP contribution >= 0.6 is 0 Å². The lowest BCUT2D eigenvalue weighted by atomic mass is 10.3. The quantitative estimate of drug-likeness (QED) is 0.733. The van der Waals surface area contributed by atoms with E-state index in [4.69, 9.17) is 5.73 Å². The van der Waals surface area contributed by atoms with E-state index in [0.717, 1.165) is 23.6 Å². The average molecular weight is 191 g/mol. The number of nitrogens with zero attached hydrogens (tertiary/aromatic N) is 3. The van der Waals surface area contributed by atoms with Gasteiger partial charge in [0.05, 0.1) is 0 Å². The first-order valence-electron chi connectivity index (χ1n) is 4.54. The third-order valence-corrected chi connectivity index (χ3v) is 2.03. The smallest absolute Gasteiger partial charge is 0.159 e. The number of aromatic amines is 1. The Morgan fingerprint density at radius 1 is 1.57 bits per heavy atom. The number of nitrogens with two attached hydrogens (primary N) is 1. The lowest BCUT2D eigenvalue weighted by Crippen LogP contribution is -2.04. The van der Waals surface area contributed by atoms with Gasteiger partial charge in [-0.2, -0.15) is 5.10 Å². The molecule has 0 amide bonds. The number of aryl methyl sites for hydroxylation is 1. The van der Waals surface area contributed by atoms with E-state index in [2.05, 4.69) is 15.1 Å². The normalized spacial score (nSPS) is 10.7. The van der Waals surface area contributed by atoms with E-state index in [1.807, 2.05) is 25.5 Å². The van der Waals surface area contributed by atoms with E-state index in [-0.39, 0.29) is 0 Å². The SMILES string of the molecule is Cn1nc(CCN)nc1-c1cc[nH]c1. The van der Waals surface area contributed by atoms with Crippen molar-refractivity contribution in [1.29, 1.82) is 0 Å². The van der Waals surface area contributed by atoms with Crippen molar-refractivity contribution in [3.63, 3.8) is 0 Å². The van der Waals surface area contributed by atoms with Crippen molar-refractivity contribution in [3.05, 3.63) is 24.3 Å². The van der Waals surface area contributed by atoms with Gasteiger partial charge in [0.15, 0.2) is 11.6 Å². The molecular formula is C9H13N5. The van der Waals surface area contributed by atoms with Crippen LogP contribution in [0.25, 0.3) is 11.4 Å². The lowest BCUT2D eigenvalue weighted by molar-refractivity contribution is 0.744. The molecule has 14 heavy (non-hydrogen) atoms. The molecule has 0 aliphatic heterocycles. The fourth-order valence-electron chi connectivity index (χ4n) is 1.39. The molecule has 0 saturated carbocycles. The summed E-state index contributed by atoms with van der Waals surface area (Å²) in [6, 6.07) is 1.97. The molecule has 0 fully saturated rings. The summed E-state index contributed by atoms with van der Waals surface area (Å²) >= 11 is 0. The van der Waals surface area contributed by atoms with Crippen LogP contribution in [0.3, 0.4) is 0 Å². The summed E-state index contributed by atoms with van der Waals surface area (Å²) < 4.78 is 1.77. The van der Waals surface area contributed by atoms with Gasteiger partial charge in [-0.15, -0.1) is 0 Å². The topological polar surface area (TPSA) is 72.5 Å². The summed E-state index contributed by atoms with van der Waals surface area (Å²) in [6.45, 7) is 0.580. The fourth-order valence-corrected chi connectivity index (χ4v) is 1.39. The van der Waals surface area contributed by atoms with E-state index in [0.29, 0.717) is 6.54 Å². The van der Waals surface area contributed by atoms with Gasteiger partial charge in [0, 0.05) is 31.4 Å². The van der Waals surface area contributed by atoms with Gasteiger partial charge in [-0.3, -0.25) is 0 Å². The van der Waals surface area contributed by atoms with Crippen molar-refractivity contribution in [2.45, 2.75) is 6.42 Å². The second-order valence-electron chi connectivity index (χ2n) is 3.11. The van der Waals surface area contributed by atoms with E-state index in [1.54, 1.807) is 4.68 Å². The van der Waals surface area contributed by atoms with E-state index >= 15 is 0 Å². The standard InChI is InChI=1S/C9H13N5/c1-14-9(7-3-5-11-6-7)12-8(13-14)2-4-10/h3,5-6,11H,2,4,10H2,1H3. The van der Waals surface area contributed by atoms with E-state index < -0.39 is 0 Å². The van der Waals surface area contributed by atoms with Crippen LogP contribution in [0.1, 0.15) is 5.82 Å². The Morgan fingerprint density at radius 3 is 3.07 bits per heavy atom. The van der Waals surface area contributed by atoms with Crippen molar-refractivity contribution >= 4 is 0 Å². The summed E-state index contributed by atoms with van der Waals surface area (Å²) in [5.74, 6) is 1.67. The summed E-state index contributed by atoms with van der Waals surface area (Å²) in [7, 11) is 1.88. The maximum Gasteiger partial charge on any atom is 0.159 e. The molecule has 0 unspecified atom stereocenters. The maximum absolute atomic E-state index is 5.44. The molecule has 0 spiro atoms. The first-order chi connectivity index (χ1) is 6.81. The molecule has 5 nitrogen and oxygen atoms in total. The van der Waals surface area contributed by atoms with Crippen molar-refractivity contribution in [2.24, 2.45) is 12.8 Å². The molecule has 0 aromatic carbocycles. The first kappa shape index (κ1) is 8.96. The largest absolute Gasteiger partial charge is 0.367 e. The molecule has 2 rings (SSSR count). The third kappa shape index (κ3) is 1.54. The highest BCUT2D eigenvalue weighted by Crippen LogP contribution is 2.14. The number of aromatic nitrogens is 4. The molecule has 5 heteroatoms. The predicted octanol–water partition coefficient (Wildman–Crippen LogP) is 0.311. The number of rotatable bonds is 3. The Bertz CT molecular complexity index is 401. The molecule has 0 aliphatic carbocycles. The number of hydrogen-bond acceptors (Lipinski definition) is 3. The summed E-state index contributed by atoms with van der Waals surface area (Å²) in [5, 5.41) is 4.27. The molecular weight excluding hydrogens is 178 g/mol. The molecule has 3 N–H and O–H groups in total. The van der Waals surface area contributed by atoms with Crippen LogP contribution in [-0.4, -0.2) is 26.3 Å². The van der Waals surface area contributed by atoms with Gasteiger partial charge in [-0.05, 0) is 12.6 Å². The van der Waals surface area contributed by atoms with Crippen molar-refractivity contribution < 1.29 is 0 Å². The van der Waals surface area contributed by atoms with Gasteiger partial charge in [-0.25, -0.2) is 9.67 Å². The highest BCUT2D eigenvalue weighted by molar-refractivity contribution is 5.53. The Balaban J connectivity index is 2.35. The average Bonchev–Trinajstić information content (AvgIpc) is 2.74. The predicted molar refractivity (Wildman–Crippen MR) is 53.5 cm³/mol. The highest BCUT2D eigenvalue weighted by atomic mass is 15.3. The molecule has 2 heterocycles. The van der Waals surface area contributed by atoms with Gasteiger partial charge < -0.3 is 10.7 Å². The second kappa shape index (κ2) is 3.63. The molecule has 74 valence electrons. The zero-order valence-corrected chi connectivity index (χ0v) is 8.07. The number of hydrogen-bond donors (Lipinski definition) is 2. The van der Waals surface area contributed by atoms with Gasteiger partial charge >= 0.3 is 0 Å². The Morgan fingerprint density at radius 2 is 2.43 bits per heavy atom. The van der Waals surface area contributed by atoms with Crippen LogP contribution < -0.4 is 5.73 Å².